The third-order valence-electron chi connectivity index (χ3n) is 2.09. The highest BCUT2D eigenvalue weighted by molar-refractivity contribution is 6.13. The van der Waals surface area contributed by atoms with Crippen molar-refractivity contribution in [3.63, 3.8) is 0 Å². The number of oxime groups is 1. The number of fused-ring (bicyclic) bond motifs is 1. The van der Waals surface area contributed by atoms with Crippen molar-refractivity contribution in [1.29, 1.82) is 0 Å². The molecule has 0 amide bonds. The first kappa shape index (κ1) is 7.16. The maximum Gasteiger partial charge on any atom is 0.111 e. The number of hydrogen-bond acceptors (Lipinski definition) is 3. The summed E-state index contributed by atoms with van der Waals surface area (Å²) in [6.45, 7) is 1.97. The lowest BCUT2D eigenvalue weighted by Gasteiger charge is -2.01. The maximum absolute atomic E-state index is 8.73. The lowest BCUT2D eigenvalue weighted by Crippen LogP contribution is -2.17. The van der Waals surface area contributed by atoms with Crippen molar-refractivity contribution >= 4 is 11.4 Å². The second-order valence-corrected chi connectivity index (χ2v) is 2.90. The molecule has 0 saturated carbocycles. The van der Waals surface area contributed by atoms with Gasteiger partial charge in [-0.3, -0.25) is 0 Å². The largest absolute Gasteiger partial charge is 0.411 e. The van der Waals surface area contributed by atoms with E-state index in [4.69, 9.17) is 5.21 Å². The molecule has 3 heteroatoms. The normalized spacial score (nSPS) is 23.8. The summed E-state index contributed by atoms with van der Waals surface area (Å²) in [6, 6.07) is 7.92. The Hall–Kier alpha value is -1.51. The molecule has 0 radical (unpaired) electrons. The molecule has 0 aliphatic carbocycles. The Bertz CT molecular complexity index is 333. The van der Waals surface area contributed by atoms with Crippen LogP contribution in [0.2, 0.25) is 0 Å². The molecular weight excluding hydrogens is 152 g/mol. The molecule has 2 N–H and O–H groups in total. The van der Waals surface area contributed by atoms with E-state index >= 15 is 0 Å². The molecule has 62 valence electrons. The molecule has 1 aliphatic heterocycles. The minimum absolute atomic E-state index is 0.104. The van der Waals surface area contributed by atoms with Gasteiger partial charge in [0.15, 0.2) is 0 Å². The first-order valence-corrected chi connectivity index (χ1v) is 3.91. The van der Waals surface area contributed by atoms with Gasteiger partial charge in [-0.25, -0.2) is 0 Å². The molecule has 1 aromatic rings. The molecule has 0 fully saturated rings. The summed E-state index contributed by atoms with van der Waals surface area (Å²) in [5, 5.41) is 15.2. The molecule has 1 aromatic carbocycles. The van der Waals surface area contributed by atoms with E-state index in [1.165, 1.54) is 0 Å². The van der Waals surface area contributed by atoms with E-state index < -0.39 is 0 Å². The Morgan fingerprint density at radius 1 is 1.42 bits per heavy atom. The highest BCUT2D eigenvalue weighted by atomic mass is 16.4. The Balaban J connectivity index is 2.55. The molecule has 1 atom stereocenters. The van der Waals surface area contributed by atoms with E-state index in [1.54, 1.807) is 0 Å². The molecular formula is C9H10N2O. The van der Waals surface area contributed by atoms with E-state index in [9.17, 15) is 0 Å². The van der Waals surface area contributed by atoms with Crippen LogP contribution in [0, 0.1) is 0 Å². The van der Waals surface area contributed by atoms with Crippen LogP contribution < -0.4 is 5.32 Å². The molecule has 0 spiro atoms. The van der Waals surface area contributed by atoms with Crippen molar-refractivity contribution in [2.45, 2.75) is 13.0 Å². The van der Waals surface area contributed by atoms with Crippen LogP contribution in [0.3, 0.4) is 0 Å². The fraction of sp³-hybridized carbons (Fsp3) is 0.222. The molecule has 12 heavy (non-hydrogen) atoms. The summed E-state index contributed by atoms with van der Waals surface area (Å²) < 4.78 is 0. The standard InChI is InChI=1S/C9H10N2O/c1-6-9(11-12)7-4-2-3-5-8(7)10-6/h2-6,10,12H,1H3/b11-9+. The molecule has 3 nitrogen and oxygen atoms in total. The quantitative estimate of drug-likeness (QED) is 0.450. The van der Waals surface area contributed by atoms with E-state index in [-0.39, 0.29) is 6.04 Å². The highest BCUT2D eigenvalue weighted by Gasteiger charge is 2.23. The summed E-state index contributed by atoms with van der Waals surface area (Å²) in [7, 11) is 0. The van der Waals surface area contributed by atoms with Gasteiger partial charge >= 0.3 is 0 Å². The van der Waals surface area contributed by atoms with Gasteiger partial charge in [-0.2, -0.15) is 0 Å². The van der Waals surface area contributed by atoms with Gasteiger partial charge in [-0.05, 0) is 13.0 Å². The number of rotatable bonds is 0. The Labute approximate surface area is 70.7 Å². The Morgan fingerprint density at radius 2 is 2.17 bits per heavy atom. The van der Waals surface area contributed by atoms with Crippen molar-refractivity contribution in [2.75, 3.05) is 5.32 Å². The first-order chi connectivity index (χ1) is 5.83. The number of nitrogens with zero attached hydrogens (tertiary/aromatic N) is 1. The molecule has 1 aliphatic rings. The minimum atomic E-state index is 0.104. The number of benzene rings is 1. The van der Waals surface area contributed by atoms with Crippen molar-refractivity contribution < 1.29 is 5.21 Å². The second kappa shape index (κ2) is 2.52. The highest BCUT2D eigenvalue weighted by Crippen LogP contribution is 2.25. The predicted molar refractivity (Wildman–Crippen MR) is 47.9 cm³/mol. The average molecular weight is 162 g/mol. The second-order valence-electron chi connectivity index (χ2n) is 2.90. The van der Waals surface area contributed by atoms with Crippen LogP contribution in [0.5, 0.6) is 0 Å². The summed E-state index contributed by atoms with van der Waals surface area (Å²) in [5.74, 6) is 0. The third kappa shape index (κ3) is 0.863. The number of para-hydroxylation sites is 1. The zero-order valence-electron chi connectivity index (χ0n) is 6.78. The van der Waals surface area contributed by atoms with Gasteiger partial charge in [0, 0.05) is 11.3 Å². The summed E-state index contributed by atoms with van der Waals surface area (Å²) in [4.78, 5) is 0. The van der Waals surface area contributed by atoms with Crippen LogP contribution in [0.4, 0.5) is 5.69 Å². The van der Waals surface area contributed by atoms with Gasteiger partial charge in [-0.1, -0.05) is 23.4 Å². The van der Waals surface area contributed by atoms with Gasteiger partial charge in [0.25, 0.3) is 0 Å². The topological polar surface area (TPSA) is 44.6 Å². The fourth-order valence-electron chi connectivity index (χ4n) is 1.51. The van der Waals surface area contributed by atoms with Gasteiger partial charge in [-0.15, -0.1) is 0 Å². The zero-order valence-corrected chi connectivity index (χ0v) is 6.78. The van der Waals surface area contributed by atoms with Gasteiger partial charge in [0.2, 0.25) is 0 Å². The van der Waals surface area contributed by atoms with Crippen molar-refractivity contribution in [3.05, 3.63) is 29.8 Å². The molecule has 0 saturated heterocycles. The molecule has 0 aromatic heterocycles. The van der Waals surface area contributed by atoms with Crippen LogP contribution in [-0.4, -0.2) is 17.0 Å². The van der Waals surface area contributed by atoms with E-state index in [1.807, 2.05) is 31.2 Å². The Morgan fingerprint density at radius 3 is 2.92 bits per heavy atom. The summed E-state index contributed by atoms with van der Waals surface area (Å²) >= 11 is 0. The van der Waals surface area contributed by atoms with Crippen molar-refractivity contribution in [1.82, 2.24) is 0 Å². The van der Waals surface area contributed by atoms with Crippen molar-refractivity contribution in [3.8, 4) is 0 Å². The SMILES string of the molecule is CC1Nc2ccccc2/C1=N/O. The van der Waals surface area contributed by atoms with Crippen LogP contribution in [0.1, 0.15) is 12.5 Å². The van der Waals surface area contributed by atoms with Gasteiger partial charge < -0.3 is 10.5 Å². The number of anilines is 1. The zero-order chi connectivity index (χ0) is 8.55. The summed E-state index contributed by atoms with van der Waals surface area (Å²) in [6.07, 6.45) is 0. The van der Waals surface area contributed by atoms with E-state index in [2.05, 4.69) is 10.5 Å². The van der Waals surface area contributed by atoms with Crippen molar-refractivity contribution in [2.24, 2.45) is 5.16 Å². The van der Waals surface area contributed by atoms with E-state index in [0.29, 0.717) is 5.71 Å². The van der Waals surface area contributed by atoms with Crippen LogP contribution in [-0.2, 0) is 0 Å². The fourth-order valence-corrected chi connectivity index (χ4v) is 1.51. The Kier molecular flexibility index (Phi) is 1.50. The molecule has 1 heterocycles. The lowest BCUT2D eigenvalue weighted by molar-refractivity contribution is 0.318. The minimum Gasteiger partial charge on any atom is -0.411 e. The molecule has 2 rings (SSSR count). The number of nitrogens with one attached hydrogen (secondary N) is 1. The lowest BCUT2D eigenvalue weighted by atomic mass is 10.1. The monoisotopic (exact) mass is 162 g/mol. The maximum atomic E-state index is 8.73. The van der Waals surface area contributed by atoms with Crippen LogP contribution in [0.15, 0.2) is 29.4 Å². The van der Waals surface area contributed by atoms with Crippen LogP contribution in [0.25, 0.3) is 0 Å². The predicted octanol–water partition coefficient (Wildman–Crippen LogP) is 1.68. The first-order valence-electron chi connectivity index (χ1n) is 3.91. The van der Waals surface area contributed by atoms with Gasteiger partial charge in [0.05, 0.1) is 6.04 Å². The van der Waals surface area contributed by atoms with E-state index in [0.717, 1.165) is 11.3 Å². The smallest absolute Gasteiger partial charge is 0.111 e. The molecule has 0 bridgehead atoms. The molecule has 1 unspecified atom stereocenters. The third-order valence-corrected chi connectivity index (χ3v) is 2.09. The van der Waals surface area contributed by atoms with Crippen LogP contribution >= 0.6 is 0 Å². The summed E-state index contributed by atoms with van der Waals surface area (Å²) in [5.41, 5.74) is 2.75. The average Bonchev–Trinajstić information content (AvgIpc) is 2.40. The van der Waals surface area contributed by atoms with Gasteiger partial charge in [0.1, 0.15) is 5.71 Å². The number of hydrogen-bond donors (Lipinski definition) is 2.